The summed E-state index contributed by atoms with van der Waals surface area (Å²) in [7, 11) is 1.85. The Labute approximate surface area is 129 Å². The standard InChI is InChI=1S/C17H16ClFN2/c1-12(15-5-3-4-6-16(15)19)21(2)17-8-7-13(10-18)9-14(17)11-20/h3-9,12H,10H2,1-2H3. The van der Waals surface area contributed by atoms with Crippen molar-refractivity contribution in [1.29, 1.82) is 5.26 Å². The number of anilines is 1. The van der Waals surface area contributed by atoms with E-state index in [0.29, 0.717) is 17.0 Å². The monoisotopic (exact) mass is 302 g/mol. The van der Waals surface area contributed by atoms with Crippen LogP contribution in [-0.4, -0.2) is 7.05 Å². The molecule has 0 aliphatic rings. The summed E-state index contributed by atoms with van der Waals surface area (Å²) in [5, 5.41) is 9.30. The van der Waals surface area contributed by atoms with Gasteiger partial charge in [-0.05, 0) is 30.7 Å². The molecule has 0 saturated carbocycles. The van der Waals surface area contributed by atoms with Crippen LogP contribution in [0.3, 0.4) is 0 Å². The summed E-state index contributed by atoms with van der Waals surface area (Å²) in [5.41, 5.74) is 2.80. The minimum atomic E-state index is -0.243. The topological polar surface area (TPSA) is 27.0 Å². The average molecular weight is 303 g/mol. The number of nitriles is 1. The molecule has 0 aliphatic heterocycles. The van der Waals surface area contributed by atoms with Gasteiger partial charge in [0.15, 0.2) is 0 Å². The van der Waals surface area contributed by atoms with Crippen LogP contribution in [0.15, 0.2) is 42.5 Å². The van der Waals surface area contributed by atoms with E-state index in [-0.39, 0.29) is 11.9 Å². The summed E-state index contributed by atoms with van der Waals surface area (Å²) in [6.45, 7) is 1.91. The van der Waals surface area contributed by atoms with Crippen LogP contribution < -0.4 is 4.90 Å². The molecule has 0 aliphatic carbocycles. The minimum Gasteiger partial charge on any atom is -0.367 e. The van der Waals surface area contributed by atoms with Crippen LogP contribution in [0.1, 0.15) is 29.7 Å². The van der Waals surface area contributed by atoms with Crippen LogP contribution in [-0.2, 0) is 5.88 Å². The van der Waals surface area contributed by atoms with Crippen LogP contribution >= 0.6 is 11.6 Å². The van der Waals surface area contributed by atoms with Crippen LogP contribution in [0.25, 0.3) is 0 Å². The maximum atomic E-state index is 13.9. The molecule has 4 heteroatoms. The zero-order valence-corrected chi connectivity index (χ0v) is 12.7. The molecular formula is C17H16ClFN2. The number of hydrogen-bond donors (Lipinski definition) is 0. The minimum absolute atomic E-state index is 0.180. The van der Waals surface area contributed by atoms with E-state index >= 15 is 0 Å². The fraction of sp³-hybridized carbons (Fsp3) is 0.235. The van der Waals surface area contributed by atoms with Crippen LogP contribution in [0.4, 0.5) is 10.1 Å². The second kappa shape index (κ2) is 6.60. The Hall–Kier alpha value is -2.05. The highest BCUT2D eigenvalue weighted by molar-refractivity contribution is 6.17. The predicted molar refractivity (Wildman–Crippen MR) is 83.9 cm³/mol. The zero-order valence-electron chi connectivity index (χ0n) is 12.0. The third-order valence-corrected chi connectivity index (χ3v) is 3.96. The molecular weight excluding hydrogens is 287 g/mol. The molecule has 0 saturated heterocycles. The largest absolute Gasteiger partial charge is 0.367 e. The quantitative estimate of drug-likeness (QED) is 0.770. The van der Waals surface area contributed by atoms with E-state index in [1.807, 2.05) is 37.1 Å². The maximum Gasteiger partial charge on any atom is 0.128 e. The summed E-state index contributed by atoms with van der Waals surface area (Å²) in [4.78, 5) is 1.90. The van der Waals surface area contributed by atoms with E-state index in [9.17, 15) is 9.65 Å². The first kappa shape index (κ1) is 15.3. The van der Waals surface area contributed by atoms with Crippen LogP contribution in [0.2, 0.25) is 0 Å². The summed E-state index contributed by atoms with van der Waals surface area (Å²) in [5.74, 6) is 0.120. The van der Waals surface area contributed by atoms with Gasteiger partial charge in [-0.25, -0.2) is 4.39 Å². The van der Waals surface area contributed by atoms with E-state index in [2.05, 4.69) is 6.07 Å². The van der Waals surface area contributed by atoms with Crippen molar-refractivity contribution in [3.63, 3.8) is 0 Å². The summed E-state index contributed by atoms with van der Waals surface area (Å²) in [6, 6.07) is 14.2. The van der Waals surface area contributed by atoms with Gasteiger partial charge in [0.25, 0.3) is 0 Å². The van der Waals surface area contributed by atoms with Gasteiger partial charge in [-0.1, -0.05) is 24.3 Å². The van der Waals surface area contributed by atoms with Crippen molar-refractivity contribution in [2.24, 2.45) is 0 Å². The highest BCUT2D eigenvalue weighted by Gasteiger charge is 2.18. The molecule has 0 aromatic heterocycles. The fourth-order valence-electron chi connectivity index (χ4n) is 2.29. The molecule has 0 radical (unpaired) electrons. The molecule has 0 fully saturated rings. The lowest BCUT2D eigenvalue weighted by atomic mass is 10.0. The predicted octanol–water partition coefficient (Wildman–Crippen LogP) is 4.63. The number of benzene rings is 2. The van der Waals surface area contributed by atoms with Gasteiger partial charge >= 0.3 is 0 Å². The second-order valence-corrected chi connectivity index (χ2v) is 5.17. The van der Waals surface area contributed by atoms with Crippen molar-refractivity contribution in [3.8, 4) is 6.07 Å². The Morgan fingerprint density at radius 3 is 2.62 bits per heavy atom. The summed E-state index contributed by atoms with van der Waals surface area (Å²) < 4.78 is 13.9. The smallest absolute Gasteiger partial charge is 0.128 e. The fourth-order valence-corrected chi connectivity index (χ4v) is 2.46. The first-order valence-electron chi connectivity index (χ1n) is 6.64. The average Bonchev–Trinajstić information content (AvgIpc) is 2.53. The van der Waals surface area contributed by atoms with E-state index < -0.39 is 0 Å². The van der Waals surface area contributed by atoms with Gasteiger partial charge in [0.2, 0.25) is 0 Å². The highest BCUT2D eigenvalue weighted by atomic mass is 35.5. The molecule has 1 unspecified atom stereocenters. The Bertz CT molecular complexity index is 679. The van der Waals surface area contributed by atoms with Crippen molar-refractivity contribution >= 4 is 17.3 Å². The molecule has 21 heavy (non-hydrogen) atoms. The molecule has 0 amide bonds. The molecule has 1 atom stereocenters. The number of rotatable bonds is 4. The lowest BCUT2D eigenvalue weighted by Gasteiger charge is -2.28. The Morgan fingerprint density at radius 2 is 2.00 bits per heavy atom. The van der Waals surface area contributed by atoms with Crippen molar-refractivity contribution in [2.75, 3.05) is 11.9 Å². The molecule has 2 aromatic rings. The van der Waals surface area contributed by atoms with Crippen molar-refractivity contribution in [3.05, 3.63) is 65.0 Å². The first-order valence-corrected chi connectivity index (χ1v) is 7.18. The third kappa shape index (κ3) is 3.17. The molecule has 2 nitrogen and oxygen atoms in total. The second-order valence-electron chi connectivity index (χ2n) is 4.91. The van der Waals surface area contributed by atoms with Crippen molar-refractivity contribution in [1.82, 2.24) is 0 Å². The number of nitrogens with zero attached hydrogens (tertiary/aromatic N) is 2. The molecule has 2 rings (SSSR count). The van der Waals surface area contributed by atoms with Gasteiger partial charge in [0.1, 0.15) is 11.9 Å². The number of alkyl halides is 1. The van der Waals surface area contributed by atoms with E-state index in [4.69, 9.17) is 11.6 Å². The molecule has 0 heterocycles. The Morgan fingerprint density at radius 1 is 1.29 bits per heavy atom. The number of halogens is 2. The molecule has 0 N–H and O–H groups in total. The van der Waals surface area contributed by atoms with E-state index in [0.717, 1.165) is 11.3 Å². The SMILES string of the molecule is CC(c1ccccc1F)N(C)c1ccc(CCl)cc1C#N. The Kier molecular flexibility index (Phi) is 4.82. The van der Waals surface area contributed by atoms with Gasteiger partial charge in [-0.2, -0.15) is 5.26 Å². The van der Waals surface area contributed by atoms with Crippen LogP contribution in [0.5, 0.6) is 0 Å². The van der Waals surface area contributed by atoms with Gasteiger partial charge in [0.05, 0.1) is 17.3 Å². The van der Waals surface area contributed by atoms with Gasteiger partial charge in [-0.15, -0.1) is 11.6 Å². The lowest BCUT2D eigenvalue weighted by Crippen LogP contribution is -2.23. The number of hydrogen-bond acceptors (Lipinski definition) is 2. The van der Waals surface area contributed by atoms with Gasteiger partial charge < -0.3 is 4.90 Å². The zero-order chi connectivity index (χ0) is 15.4. The first-order chi connectivity index (χ1) is 10.1. The molecule has 0 bridgehead atoms. The normalized spacial score (nSPS) is 11.8. The highest BCUT2D eigenvalue weighted by Crippen LogP contribution is 2.30. The van der Waals surface area contributed by atoms with Crippen LogP contribution in [0, 0.1) is 17.1 Å². The van der Waals surface area contributed by atoms with Crippen molar-refractivity contribution < 1.29 is 4.39 Å². The third-order valence-electron chi connectivity index (χ3n) is 3.65. The summed E-state index contributed by atoms with van der Waals surface area (Å²) in [6.07, 6.45) is 0. The van der Waals surface area contributed by atoms with Gasteiger partial charge in [-0.3, -0.25) is 0 Å². The lowest BCUT2D eigenvalue weighted by molar-refractivity contribution is 0.585. The van der Waals surface area contributed by atoms with Gasteiger partial charge in [0, 0.05) is 18.5 Å². The van der Waals surface area contributed by atoms with E-state index in [1.54, 1.807) is 18.2 Å². The van der Waals surface area contributed by atoms with E-state index in [1.165, 1.54) is 6.07 Å². The summed E-state index contributed by atoms with van der Waals surface area (Å²) >= 11 is 5.79. The maximum absolute atomic E-state index is 13.9. The Balaban J connectivity index is 2.38. The van der Waals surface area contributed by atoms with Crippen molar-refractivity contribution in [2.45, 2.75) is 18.8 Å². The molecule has 0 spiro atoms. The molecule has 2 aromatic carbocycles. The molecule has 108 valence electrons.